The number of fused-ring (bicyclic) bond motifs is 1. The van der Waals surface area contributed by atoms with Gasteiger partial charge in [-0.25, -0.2) is 0 Å². The number of likely N-dealkylation sites (tertiary alicyclic amines) is 2. The summed E-state index contributed by atoms with van der Waals surface area (Å²) in [6.45, 7) is 4.58. The Hall–Kier alpha value is -2.38. The van der Waals surface area contributed by atoms with E-state index >= 15 is 0 Å². The smallest absolute Gasteiger partial charge is 0.255 e. The number of nitrogens with zero attached hydrogens (tertiary/aromatic N) is 2. The fourth-order valence-electron chi connectivity index (χ4n) is 4.06. The standard InChI is InChI=1S/C20H26N4O3/c1-13-4-5-17-15(9-13)16(12-27-17)20(26)22-14-6-8-23(10-14)11-19(25)24-7-2-3-18(24)21/h4-5,9,12,14,18H,2-3,6-8,10-11,21H2,1H3,(H,22,26)/t14-,18-/m0/s1. The summed E-state index contributed by atoms with van der Waals surface area (Å²) in [7, 11) is 0. The summed E-state index contributed by atoms with van der Waals surface area (Å²) >= 11 is 0. The molecule has 7 nitrogen and oxygen atoms in total. The number of benzene rings is 1. The van der Waals surface area contributed by atoms with Gasteiger partial charge in [-0.15, -0.1) is 0 Å². The van der Waals surface area contributed by atoms with E-state index in [1.165, 1.54) is 6.26 Å². The molecule has 2 aromatic rings. The maximum atomic E-state index is 12.7. The van der Waals surface area contributed by atoms with Crippen LogP contribution in [-0.2, 0) is 4.79 Å². The minimum absolute atomic E-state index is 0.0345. The molecule has 0 bridgehead atoms. The molecule has 2 saturated heterocycles. The predicted octanol–water partition coefficient (Wildman–Crippen LogP) is 1.45. The molecule has 0 spiro atoms. The first-order chi connectivity index (χ1) is 13.0. The van der Waals surface area contributed by atoms with Crippen LogP contribution in [0.1, 0.15) is 35.2 Å². The summed E-state index contributed by atoms with van der Waals surface area (Å²) in [5.41, 5.74) is 8.34. The highest BCUT2D eigenvalue weighted by atomic mass is 16.3. The maximum Gasteiger partial charge on any atom is 0.255 e. The summed E-state index contributed by atoms with van der Waals surface area (Å²) in [5.74, 6) is -0.0395. The van der Waals surface area contributed by atoms with Gasteiger partial charge in [0.2, 0.25) is 5.91 Å². The molecule has 3 heterocycles. The molecule has 27 heavy (non-hydrogen) atoms. The summed E-state index contributed by atoms with van der Waals surface area (Å²) < 4.78 is 5.50. The van der Waals surface area contributed by atoms with Gasteiger partial charge in [0.15, 0.2) is 0 Å². The van der Waals surface area contributed by atoms with Crippen molar-refractivity contribution in [1.29, 1.82) is 0 Å². The Morgan fingerprint density at radius 3 is 2.93 bits per heavy atom. The van der Waals surface area contributed by atoms with E-state index in [1.54, 1.807) is 4.90 Å². The number of aryl methyl sites for hydroxylation is 1. The van der Waals surface area contributed by atoms with Crippen molar-refractivity contribution in [1.82, 2.24) is 15.1 Å². The molecule has 2 aliphatic heterocycles. The molecule has 0 unspecified atom stereocenters. The van der Waals surface area contributed by atoms with Gasteiger partial charge in [-0.2, -0.15) is 0 Å². The lowest BCUT2D eigenvalue weighted by Gasteiger charge is -2.24. The zero-order valence-electron chi connectivity index (χ0n) is 15.6. The highest BCUT2D eigenvalue weighted by Crippen LogP contribution is 2.23. The second-order valence-electron chi connectivity index (χ2n) is 7.64. The first-order valence-electron chi connectivity index (χ1n) is 9.57. The largest absolute Gasteiger partial charge is 0.463 e. The minimum atomic E-state index is -0.145. The highest BCUT2D eigenvalue weighted by Gasteiger charge is 2.30. The third kappa shape index (κ3) is 3.70. The van der Waals surface area contributed by atoms with E-state index in [0.29, 0.717) is 24.2 Å². The van der Waals surface area contributed by atoms with E-state index in [1.807, 2.05) is 25.1 Å². The van der Waals surface area contributed by atoms with E-state index in [0.717, 1.165) is 43.3 Å². The number of nitrogens with one attached hydrogen (secondary N) is 1. The summed E-state index contributed by atoms with van der Waals surface area (Å²) in [6, 6.07) is 5.85. The molecule has 3 N–H and O–H groups in total. The van der Waals surface area contributed by atoms with Crippen LogP contribution in [-0.4, -0.2) is 60.0 Å². The molecule has 1 aromatic heterocycles. The summed E-state index contributed by atoms with van der Waals surface area (Å²) in [5, 5.41) is 3.92. The van der Waals surface area contributed by atoms with Crippen LogP contribution < -0.4 is 11.1 Å². The molecule has 0 aliphatic carbocycles. The second-order valence-corrected chi connectivity index (χ2v) is 7.64. The lowest BCUT2D eigenvalue weighted by molar-refractivity contribution is -0.132. The number of hydrogen-bond acceptors (Lipinski definition) is 5. The van der Waals surface area contributed by atoms with Gasteiger partial charge < -0.3 is 20.4 Å². The Kier molecular flexibility index (Phi) is 4.88. The van der Waals surface area contributed by atoms with Gasteiger partial charge in [0.25, 0.3) is 5.91 Å². The number of nitrogens with two attached hydrogens (primary N) is 1. The molecule has 0 saturated carbocycles. The summed E-state index contributed by atoms with van der Waals surface area (Å²) in [6.07, 6.45) is 4.06. The number of hydrogen-bond donors (Lipinski definition) is 2. The van der Waals surface area contributed by atoms with Crippen LogP contribution in [0.5, 0.6) is 0 Å². The van der Waals surface area contributed by atoms with E-state index in [2.05, 4.69) is 10.2 Å². The van der Waals surface area contributed by atoms with Crippen molar-refractivity contribution in [3.8, 4) is 0 Å². The van der Waals surface area contributed by atoms with Crippen molar-refractivity contribution >= 4 is 22.8 Å². The molecule has 2 aliphatic rings. The van der Waals surface area contributed by atoms with Crippen LogP contribution in [0.2, 0.25) is 0 Å². The van der Waals surface area contributed by atoms with Crippen LogP contribution in [0.4, 0.5) is 0 Å². The maximum absolute atomic E-state index is 12.7. The summed E-state index contributed by atoms with van der Waals surface area (Å²) in [4.78, 5) is 29.0. The lowest BCUT2D eigenvalue weighted by atomic mass is 10.1. The SMILES string of the molecule is Cc1ccc2occ(C(=O)N[C@H]3CCN(CC(=O)N4CCC[C@H]4N)C3)c2c1. The van der Waals surface area contributed by atoms with Crippen molar-refractivity contribution < 1.29 is 14.0 Å². The van der Waals surface area contributed by atoms with Gasteiger partial charge in [0.05, 0.1) is 18.3 Å². The number of furan rings is 1. The molecule has 2 amide bonds. The Labute approximate surface area is 158 Å². The van der Waals surface area contributed by atoms with Gasteiger partial charge in [0, 0.05) is 31.1 Å². The zero-order valence-corrected chi connectivity index (χ0v) is 15.6. The van der Waals surface area contributed by atoms with Crippen molar-refractivity contribution in [2.75, 3.05) is 26.2 Å². The first kappa shape index (κ1) is 18.0. The Balaban J connectivity index is 1.34. The van der Waals surface area contributed by atoms with Crippen molar-refractivity contribution in [3.05, 3.63) is 35.6 Å². The highest BCUT2D eigenvalue weighted by molar-refractivity contribution is 6.06. The van der Waals surface area contributed by atoms with E-state index in [4.69, 9.17) is 10.2 Å². The van der Waals surface area contributed by atoms with Crippen molar-refractivity contribution in [2.45, 2.75) is 38.4 Å². The topological polar surface area (TPSA) is 91.8 Å². The van der Waals surface area contributed by atoms with Crippen LogP contribution in [0.15, 0.2) is 28.9 Å². The zero-order chi connectivity index (χ0) is 19.0. The first-order valence-corrected chi connectivity index (χ1v) is 9.57. The number of carbonyl (C=O) groups excluding carboxylic acids is 2. The quantitative estimate of drug-likeness (QED) is 0.850. The molecule has 4 rings (SSSR count). The Bertz CT molecular complexity index is 862. The lowest BCUT2D eigenvalue weighted by Crippen LogP contribution is -2.46. The average molecular weight is 370 g/mol. The molecule has 0 radical (unpaired) electrons. The minimum Gasteiger partial charge on any atom is -0.463 e. The van der Waals surface area contributed by atoms with E-state index < -0.39 is 0 Å². The van der Waals surface area contributed by atoms with Crippen LogP contribution >= 0.6 is 0 Å². The third-order valence-corrected chi connectivity index (χ3v) is 5.56. The third-order valence-electron chi connectivity index (χ3n) is 5.56. The van der Waals surface area contributed by atoms with E-state index in [-0.39, 0.29) is 24.0 Å². The fourth-order valence-corrected chi connectivity index (χ4v) is 4.06. The monoisotopic (exact) mass is 370 g/mol. The molecule has 2 fully saturated rings. The molecule has 1 aromatic carbocycles. The number of amides is 2. The van der Waals surface area contributed by atoms with Gasteiger partial charge >= 0.3 is 0 Å². The van der Waals surface area contributed by atoms with Crippen LogP contribution in [0.3, 0.4) is 0 Å². The number of carbonyl (C=O) groups is 2. The number of rotatable bonds is 4. The normalized spacial score (nSPS) is 23.3. The molecule has 2 atom stereocenters. The Morgan fingerprint density at radius 1 is 1.30 bits per heavy atom. The van der Waals surface area contributed by atoms with Crippen molar-refractivity contribution in [2.24, 2.45) is 5.73 Å². The van der Waals surface area contributed by atoms with Gasteiger partial charge in [0.1, 0.15) is 11.8 Å². The van der Waals surface area contributed by atoms with Crippen molar-refractivity contribution in [3.63, 3.8) is 0 Å². The fraction of sp³-hybridized carbons (Fsp3) is 0.500. The van der Waals surface area contributed by atoms with Gasteiger partial charge in [-0.1, -0.05) is 11.6 Å². The van der Waals surface area contributed by atoms with Crippen LogP contribution in [0, 0.1) is 6.92 Å². The molecular weight excluding hydrogens is 344 g/mol. The van der Waals surface area contributed by atoms with Crippen LogP contribution in [0.25, 0.3) is 11.0 Å². The van der Waals surface area contributed by atoms with Gasteiger partial charge in [-0.05, 0) is 38.3 Å². The molecular formula is C20H26N4O3. The average Bonchev–Trinajstić information content (AvgIpc) is 3.34. The predicted molar refractivity (Wildman–Crippen MR) is 102 cm³/mol. The second kappa shape index (κ2) is 7.32. The molecule has 144 valence electrons. The van der Waals surface area contributed by atoms with E-state index in [9.17, 15) is 9.59 Å². The molecule has 7 heteroatoms. The Morgan fingerprint density at radius 2 is 2.15 bits per heavy atom. The van der Waals surface area contributed by atoms with Gasteiger partial charge in [-0.3, -0.25) is 14.5 Å².